The topological polar surface area (TPSA) is 87.5 Å². The van der Waals surface area contributed by atoms with Crippen LogP contribution in [0, 0.1) is 5.82 Å². The van der Waals surface area contributed by atoms with Crippen molar-refractivity contribution in [3.05, 3.63) is 48.3 Å². The molecule has 0 spiro atoms. The zero-order chi connectivity index (χ0) is 17.9. The molecule has 1 aliphatic heterocycles. The van der Waals surface area contributed by atoms with E-state index in [9.17, 15) is 12.8 Å². The minimum atomic E-state index is -3.79. The van der Waals surface area contributed by atoms with Gasteiger partial charge in [-0.2, -0.15) is 0 Å². The second-order valence-electron chi connectivity index (χ2n) is 5.92. The average Bonchev–Trinajstić information content (AvgIpc) is 2.86. The molecule has 0 radical (unpaired) electrons. The zero-order valence-electron chi connectivity index (χ0n) is 13.7. The number of benzene rings is 2. The van der Waals surface area contributed by atoms with E-state index < -0.39 is 15.8 Å². The van der Waals surface area contributed by atoms with Crippen LogP contribution in [0.2, 0.25) is 0 Å². The van der Waals surface area contributed by atoms with Crippen molar-refractivity contribution in [3.63, 3.8) is 0 Å². The fourth-order valence-electron chi connectivity index (χ4n) is 2.81. The maximum absolute atomic E-state index is 12.9. The van der Waals surface area contributed by atoms with E-state index >= 15 is 0 Å². The molecular weight excluding hydrogens is 343 g/mol. The molecule has 3 rings (SSSR count). The number of nitrogens with zero attached hydrogens (tertiary/aromatic N) is 1. The second kappa shape index (κ2) is 7.28. The van der Waals surface area contributed by atoms with Gasteiger partial charge < -0.3 is 16.0 Å². The van der Waals surface area contributed by atoms with Crippen molar-refractivity contribution in [1.29, 1.82) is 0 Å². The SMILES string of the molecule is Nc1cc(S(=O)(=O)Nc2ccc(F)cc2)ccc1N1CCCNCC1. The third kappa shape index (κ3) is 4.21. The van der Waals surface area contributed by atoms with Gasteiger partial charge >= 0.3 is 0 Å². The van der Waals surface area contributed by atoms with E-state index in [1.165, 1.54) is 36.4 Å². The standard InChI is InChI=1S/C17H21FN4O2S/c18-13-2-4-14(5-3-13)21-25(23,24)15-6-7-17(16(19)12-15)22-10-1-8-20-9-11-22/h2-7,12,20-21H,1,8-11,19H2. The summed E-state index contributed by atoms with van der Waals surface area (Å²) in [6.45, 7) is 3.53. The summed E-state index contributed by atoms with van der Waals surface area (Å²) < 4.78 is 40.4. The molecule has 2 aromatic rings. The number of hydrogen-bond acceptors (Lipinski definition) is 5. The van der Waals surface area contributed by atoms with E-state index in [1.807, 2.05) is 0 Å². The molecule has 4 N–H and O–H groups in total. The Balaban J connectivity index is 1.82. The minimum absolute atomic E-state index is 0.0750. The number of sulfonamides is 1. The lowest BCUT2D eigenvalue weighted by atomic mass is 10.2. The molecule has 0 saturated carbocycles. The number of rotatable bonds is 4. The van der Waals surface area contributed by atoms with Crippen molar-refractivity contribution >= 4 is 27.1 Å². The lowest BCUT2D eigenvalue weighted by Crippen LogP contribution is -2.28. The Labute approximate surface area is 146 Å². The van der Waals surface area contributed by atoms with E-state index in [4.69, 9.17) is 5.73 Å². The fourth-order valence-corrected chi connectivity index (χ4v) is 3.90. The molecule has 0 bridgehead atoms. The summed E-state index contributed by atoms with van der Waals surface area (Å²) in [5, 5.41) is 3.32. The molecule has 1 heterocycles. The summed E-state index contributed by atoms with van der Waals surface area (Å²) in [5.74, 6) is -0.427. The minimum Gasteiger partial charge on any atom is -0.397 e. The van der Waals surface area contributed by atoms with Crippen LogP contribution in [0.15, 0.2) is 47.4 Å². The van der Waals surface area contributed by atoms with Gasteiger partial charge in [-0.15, -0.1) is 0 Å². The van der Waals surface area contributed by atoms with Crippen molar-refractivity contribution in [2.75, 3.05) is 41.5 Å². The number of nitrogens with one attached hydrogen (secondary N) is 2. The average molecular weight is 364 g/mol. The molecule has 0 aliphatic carbocycles. The Bertz CT molecular complexity index is 832. The summed E-state index contributed by atoms with van der Waals surface area (Å²) in [6.07, 6.45) is 1.01. The Hall–Kier alpha value is -2.32. The van der Waals surface area contributed by atoms with Crippen LogP contribution in [0.3, 0.4) is 0 Å². The first-order valence-corrected chi connectivity index (χ1v) is 9.57. The van der Waals surface area contributed by atoms with Gasteiger partial charge in [-0.05, 0) is 55.4 Å². The zero-order valence-corrected chi connectivity index (χ0v) is 14.5. The maximum Gasteiger partial charge on any atom is 0.261 e. The number of nitrogens with two attached hydrogens (primary N) is 1. The van der Waals surface area contributed by atoms with Gasteiger partial charge in [0.25, 0.3) is 10.0 Å². The summed E-state index contributed by atoms with van der Waals surface area (Å²) >= 11 is 0. The van der Waals surface area contributed by atoms with Gasteiger partial charge in [0.1, 0.15) is 5.82 Å². The van der Waals surface area contributed by atoms with Gasteiger partial charge in [0.15, 0.2) is 0 Å². The Morgan fingerprint density at radius 1 is 1.08 bits per heavy atom. The Morgan fingerprint density at radius 3 is 2.56 bits per heavy atom. The third-order valence-corrected chi connectivity index (χ3v) is 5.47. The smallest absolute Gasteiger partial charge is 0.261 e. The van der Waals surface area contributed by atoms with E-state index in [0.717, 1.165) is 38.3 Å². The van der Waals surface area contributed by atoms with E-state index in [-0.39, 0.29) is 4.90 Å². The van der Waals surface area contributed by atoms with Crippen molar-refractivity contribution < 1.29 is 12.8 Å². The molecule has 0 unspecified atom stereocenters. The highest BCUT2D eigenvalue weighted by atomic mass is 32.2. The molecular formula is C17H21FN4O2S. The van der Waals surface area contributed by atoms with Crippen molar-refractivity contribution in [2.24, 2.45) is 0 Å². The molecule has 6 nitrogen and oxygen atoms in total. The highest BCUT2D eigenvalue weighted by Gasteiger charge is 2.18. The first kappa shape index (κ1) is 17.5. The van der Waals surface area contributed by atoms with Crippen LogP contribution in [0.1, 0.15) is 6.42 Å². The molecule has 0 amide bonds. The lowest BCUT2D eigenvalue weighted by molar-refractivity contribution is 0.601. The van der Waals surface area contributed by atoms with Crippen LogP contribution >= 0.6 is 0 Å². The van der Waals surface area contributed by atoms with Crippen LogP contribution in [0.4, 0.5) is 21.5 Å². The molecule has 1 fully saturated rings. The predicted octanol–water partition coefficient (Wildman–Crippen LogP) is 2.01. The Kier molecular flexibility index (Phi) is 5.10. The fraction of sp³-hybridized carbons (Fsp3) is 0.294. The second-order valence-corrected chi connectivity index (χ2v) is 7.61. The van der Waals surface area contributed by atoms with Crippen LogP contribution in [-0.4, -0.2) is 34.6 Å². The normalized spacial score (nSPS) is 15.6. The highest BCUT2D eigenvalue weighted by molar-refractivity contribution is 7.92. The van der Waals surface area contributed by atoms with Gasteiger partial charge in [0.05, 0.1) is 16.3 Å². The van der Waals surface area contributed by atoms with Gasteiger partial charge in [0, 0.05) is 25.3 Å². The van der Waals surface area contributed by atoms with Crippen molar-refractivity contribution in [2.45, 2.75) is 11.3 Å². The molecule has 134 valence electrons. The molecule has 0 atom stereocenters. The lowest BCUT2D eigenvalue weighted by Gasteiger charge is -2.24. The van der Waals surface area contributed by atoms with Crippen LogP contribution < -0.4 is 20.7 Å². The predicted molar refractivity (Wildman–Crippen MR) is 97.8 cm³/mol. The van der Waals surface area contributed by atoms with Gasteiger partial charge in [-0.3, -0.25) is 4.72 Å². The molecule has 0 aromatic heterocycles. The summed E-state index contributed by atoms with van der Waals surface area (Å²) in [4.78, 5) is 2.23. The number of nitrogen functional groups attached to an aromatic ring is 1. The third-order valence-electron chi connectivity index (χ3n) is 4.09. The number of hydrogen-bond donors (Lipinski definition) is 3. The Morgan fingerprint density at radius 2 is 1.84 bits per heavy atom. The first-order chi connectivity index (χ1) is 12.0. The van der Waals surface area contributed by atoms with Gasteiger partial charge in [0.2, 0.25) is 0 Å². The summed E-state index contributed by atoms with van der Waals surface area (Å²) in [6, 6.07) is 9.87. The highest BCUT2D eigenvalue weighted by Crippen LogP contribution is 2.27. The van der Waals surface area contributed by atoms with Crippen LogP contribution in [0.5, 0.6) is 0 Å². The first-order valence-electron chi connectivity index (χ1n) is 8.09. The van der Waals surface area contributed by atoms with E-state index in [1.54, 1.807) is 6.07 Å². The maximum atomic E-state index is 12.9. The molecule has 1 saturated heterocycles. The number of anilines is 3. The van der Waals surface area contributed by atoms with Crippen molar-refractivity contribution in [1.82, 2.24) is 5.32 Å². The van der Waals surface area contributed by atoms with Gasteiger partial charge in [-0.25, -0.2) is 12.8 Å². The van der Waals surface area contributed by atoms with Gasteiger partial charge in [-0.1, -0.05) is 0 Å². The molecule has 8 heteroatoms. The largest absolute Gasteiger partial charge is 0.397 e. The van der Waals surface area contributed by atoms with Crippen molar-refractivity contribution in [3.8, 4) is 0 Å². The number of halogens is 1. The molecule has 1 aliphatic rings. The molecule has 2 aromatic carbocycles. The quantitative estimate of drug-likeness (QED) is 0.723. The van der Waals surface area contributed by atoms with Crippen LogP contribution in [0.25, 0.3) is 0 Å². The van der Waals surface area contributed by atoms with E-state index in [2.05, 4.69) is 14.9 Å². The molecule has 25 heavy (non-hydrogen) atoms. The summed E-state index contributed by atoms with van der Waals surface area (Å²) in [7, 11) is -3.79. The van der Waals surface area contributed by atoms with E-state index in [0.29, 0.717) is 11.4 Å². The monoisotopic (exact) mass is 364 g/mol. The van der Waals surface area contributed by atoms with Crippen LogP contribution in [-0.2, 0) is 10.0 Å². The summed E-state index contributed by atoms with van der Waals surface area (Å²) in [5.41, 5.74) is 7.66.